The lowest BCUT2D eigenvalue weighted by atomic mass is 10.1. The van der Waals surface area contributed by atoms with Gasteiger partial charge in [-0.15, -0.1) is 0 Å². The first-order chi connectivity index (χ1) is 9.26. The Kier molecular flexibility index (Phi) is 3.69. The third kappa shape index (κ3) is 3.06. The van der Waals surface area contributed by atoms with Gasteiger partial charge in [-0.05, 0) is 38.1 Å². The molecule has 4 nitrogen and oxygen atoms in total. The number of fused-ring (bicyclic) bond motifs is 1. The second kappa shape index (κ2) is 5.45. The molecule has 0 aromatic carbocycles. The molecule has 4 heteroatoms. The Morgan fingerprint density at radius 1 is 1.42 bits per heavy atom. The van der Waals surface area contributed by atoms with Crippen molar-refractivity contribution in [2.75, 3.05) is 13.1 Å². The standard InChI is InChI=1S/C15H23N3O/c1-2-3-7-18-8-6-12-13(10-18)16-14(17-15(12)19)9-11-4-5-11/h11H,2-10H2,1H3,(H,16,17,19). The monoisotopic (exact) mass is 261 g/mol. The van der Waals surface area contributed by atoms with Gasteiger partial charge in [0.1, 0.15) is 5.82 Å². The van der Waals surface area contributed by atoms with Gasteiger partial charge < -0.3 is 4.98 Å². The van der Waals surface area contributed by atoms with E-state index in [2.05, 4.69) is 16.8 Å². The Morgan fingerprint density at radius 2 is 2.26 bits per heavy atom. The third-order valence-corrected chi connectivity index (χ3v) is 4.21. The van der Waals surface area contributed by atoms with E-state index in [0.29, 0.717) is 0 Å². The molecule has 1 saturated carbocycles. The van der Waals surface area contributed by atoms with Crippen LogP contribution in [0.15, 0.2) is 4.79 Å². The predicted molar refractivity (Wildman–Crippen MR) is 75.2 cm³/mol. The number of unbranched alkanes of at least 4 members (excludes halogenated alkanes) is 1. The molecule has 0 unspecified atom stereocenters. The zero-order chi connectivity index (χ0) is 13.2. The summed E-state index contributed by atoms with van der Waals surface area (Å²) in [5, 5.41) is 0. The minimum Gasteiger partial charge on any atom is -0.310 e. The number of nitrogens with zero attached hydrogens (tertiary/aromatic N) is 2. The molecule has 1 N–H and O–H groups in total. The topological polar surface area (TPSA) is 49.0 Å². The van der Waals surface area contributed by atoms with Gasteiger partial charge in [0.25, 0.3) is 5.56 Å². The number of aromatic amines is 1. The summed E-state index contributed by atoms with van der Waals surface area (Å²) in [5.74, 6) is 1.67. The van der Waals surface area contributed by atoms with Crippen molar-refractivity contribution >= 4 is 0 Å². The van der Waals surface area contributed by atoms with E-state index in [1.165, 1.54) is 25.7 Å². The second-order valence-corrected chi connectivity index (χ2v) is 5.97. The van der Waals surface area contributed by atoms with E-state index in [0.717, 1.165) is 55.5 Å². The quantitative estimate of drug-likeness (QED) is 0.880. The maximum absolute atomic E-state index is 12.1. The first-order valence-electron chi connectivity index (χ1n) is 7.59. The van der Waals surface area contributed by atoms with Crippen molar-refractivity contribution in [1.82, 2.24) is 14.9 Å². The number of rotatable bonds is 5. The molecule has 2 aliphatic rings. The fourth-order valence-corrected chi connectivity index (χ4v) is 2.81. The highest BCUT2D eigenvalue weighted by Crippen LogP contribution is 2.31. The molecule has 1 fully saturated rings. The van der Waals surface area contributed by atoms with E-state index < -0.39 is 0 Å². The maximum Gasteiger partial charge on any atom is 0.254 e. The molecule has 0 saturated heterocycles. The van der Waals surface area contributed by atoms with Crippen molar-refractivity contribution in [3.8, 4) is 0 Å². The van der Waals surface area contributed by atoms with Gasteiger partial charge in [0.2, 0.25) is 0 Å². The van der Waals surface area contributed by atoms with Crippen molar-refractivity contribution < 1.29 is 0 Å². The van der Waals surface area contributed by atoms with Crippen molar-refractivity contribution in [3.05, 3.63) is 27.4 Å². The van der Waals surface area contributed by atoms with Crippen molar-refractivity contribution in [3.63, 3.8) is 0 Å². The highest BCUT2D eigenvalue weighted by molar-refractivity contribution is 5.21. The van der Waals surface area contributed by atoms with Gasteiger partial charge in [0.15, 0.2) is 0 Å². The van der Waals surface area contributed by atoms with Crippen LogP contribution in [0, 0.1) is 5.92 Å². The molecule has 3 rings (SSSR count). The summed E-state index contributed by atoms with van der Waals surface area (Å²) < 4.78 is 0. The smallest absolute Gasteiger partial charge is 0.254 e. The Hall–Kier alpha value is -1.16. The van der Waals surface area contributed by atoms with Crippen molar-refractivity contribution in [2.24, 2.45) is 5.92 Å². The lowest BCUT2D eigenvalue weighted by Crippen LogP contribution is -2.36. The molecular formula is C15H23N3O. The van der Waals surface area contributed by atoms with E-state index in [-0.39, 0.29) is 5.56 Å². The fourth-order valence-electron chi connectivity index (χ4n) is 2.81. The van der Waals surface area contributed by atoms with Crippen molar-refractivity contribution in [2.45, 2.75) is 52.0 Å². The van der Waals surface area contributed by atoms with Gasteiger partial charge in [-0.25, -0.2) is 4.98 Å². The molecule has 0 bridgehead atoms. The molecule has 104 valence electrons. The molecule has 1 aromatic rings. The Labute approximate surface area is 114 Å². The van der Waals surface area contributed by atoms with E-state index >= 15 is 0 Å². The summed E-state index contributed by atoms with van der Waals surface area (Å²) in [6.07, 6.45) is 6.85. The van der Waals surface area contributed by atoms with Crippen molar-refractivity contribution in [1.29, 1.82) is 0 Å². The Morgan fingerprint density at radius 3 is 3.00 bits per heavy atom. The van der Waals surface area contributed by atoms with Crippen LogP contribution in [0.3, 0.4) is 0 Å². The van der Waals surface area contributed by atoms with E-state index in [1.807, 2.05) is 0 Å². The molecule has 1 aliphatic carbocycles. The minimum atomic E-state index is 0.107. The summed E-state index contributed by atoms with van der Waals surface area (Å²) in [4.78, 5) is 22.2. The van der Waals surface area contributed by atoms with Gasteiger partial charge in [-0.1, -0.05) is 13.3 Å². The first-order valence-corrected chi connectivity index (χ1v) is 7.59. The van der Waals surface area contributed by atoms with Crippen LogP contribution in [0.1, 0.15) is 49.7 Å². The molecule has 2 heterocycles. The lowest BCUT2D eigenvalue weighted by Gasteiger charge is -2.27. The van der Waals surface area contributed by atoms with Gasteiger partial charge in [-0.3, -0.25) is 9.69 Å². The average Bonchev–Trinajstić information content (AvgIpc) is 3.20. The summed E-state index contributed by atoms with van der Waals surface area (Å²) in [5.41, 5.74) is 2.06. The predicted octanol–water partition coefficient (Wildman–Crippen LogP) is 1.88. The number of aromatic nitrogens is 2. The van der Waals surface area contributed by atoms with Crippen LogP contribution in [0.2, 0.25) is 0 Å². The summed E-state index contributed by atoms with van der Waals surface area (Å²) in [7, 11) is 0. The van der Waals surface area contributed by atoms with Crippen LogP contribution >= 0.6 is 0 Å². The molecule has 1 aliphatic heterocycles. The van der Waals surface area contributed by atoms with E-state index in [9.17, 15) is 4.79 Å². The number of hydrogen-bond acceptors (Lipinski definition) is 3. The summed E-state index contributed by atoms with van der Waals surface area (Å²) >= 11 is 0. The minimum absolute atomic E-state index is 0.107. The van der Waals surface area contributed by atoms with E-state index in [1.54, 1.807) is 0 Å². The molecule has 0 atom stereocenters. The highest BCUT2D eigenvalue weighted by atomic mass is 16.1. The van der Waals surface area contributed by atoms with Gasteiger partial charge >= 0.3 is 0 Å². The lowest BCUT2D eigenvalue weighted by molar-refractivity contribution is 0.245. The van der Waals surface area contributed by atoms with Crippen LogP contribution in [0.4, 0.5) is 0 Å². The molecule has 1 aromatic heterocycles. The van der Waals surface area contributed by atoms with Gasteiger partial charge in [0, 0.05) is 25.1 Å². The van der Waals surface area contributed by atoms with Gasteiger partial charge in [0.05, 0.1) is 5.69 Å². The normalized spacial score (nSPS) is 19.4. The van der Waals surface area contributed by atoms with Crippen LogP contribution in [0.5, 0.6) is 0 Å². The number of H-pyrrole nitrogens is 1. The van der Waals surface area contributed by atoms with Crippen LogP contribution in [-0.4, -0.2) is 28.0 Å². The average molecular weight is 261 g/mol. The number of hydrogen-bond donors (Lipinski definition) is 1. The zero-order valence-corrected chi connectivity index (χ0v) is 11.7. The summed E-state index contributed by atoms with van der Waals surface area (Å²) in [6, 6.07) is 0. The first kappa shape index (κ1) is 12.9. The van der Waals surface area contributed by atoms with Crippen LogP contribution < -0.4 is 5.56 Å². The molecule has 0 radical (unpaired) electrons. The number of nitrogens with one attached hydrogen (secondary N) is 1. The summed E-state index contributed by atoms with van der Waals surface area (Å²) in [6.45, 7) is 5.20. The molecular weight excluding hydrogens is 238 g/mol. The SMILES string of the molecule is CCCCN1CCc2c(nc(CC3CC3)[nH]c2=O)C1. The van der Waals surface area contributed by atoms with E-state index in [4.69, 9.17) is 4.98 Å². The maximum atomic E-state index is 12.1. The fraction of sp³-hybridized carbons (Fsp3) is 0.733. The molecule has 0 spiro atoms. The second-order valence-electron chi connectivity index (χ2n) is 5.97. The van der Waals surface area contributed by atoms with Crippen LogP contribution in [0.25, 0.3) is 0 Å². The molecule has 0 amide bonds. The Balaban J connectivity index is 1.76. The zero-order valence-electron chi connectivity index (χ0n) is 11.7. The Bertz CT molecular complexity index is 505. The van der Waals surface area contributed by atoms with Crippen LogP contribution in [-0.2, 0) is 19.4 Å². The largest absolute Gasteiger partial charge is 0.310 e. The van der Waals surface area contributed by atoms with Gasteiger partial charge in [-0.2, -0.15) is 0 Å². The molecule has 19 heavy (non-hydrogen) atoms. The third-order valence-electron chi connectivity index (χ3n) is 4.21. The highest BCUT2D eigenvalue weighted by Gasteiger charge is 2.25.